The molecule has 0 aliphatic heterocycles. The molecule has 8 heteroatoms. The largest absolute Gasteiger partial charge is 0.394 e. The second-order valence-electron chi connectivity index (χ2n) is 4.85. The van der Waals surface area contributed by atoms with Crippen LogP contribution in [0.15, 0.2) is 16.8 Å². The summed E-state index contributed by atoms with van der Waals surface area (Å²) in [5.74, 6) is 0.269. The Morgan fingerprint density at radius 3 is 2.81 bits per heavy atom. The first-order valence-electron chi connectivity index (χ1n) is 6.84. The van der Waals surface area contributed by atoms with Gasteiger partial charge < -0.3 is 10.4 Å². The van der Waals surface area contributed by atoms with Crippen molar-refractivity contribution in [3.63, 3.8) is 0 Å². The van der Waals surface area contributed by atoms with E-state index in [1.54, 1.807) is 11.3 Å². The highest BCUT2D eigenvalue weighted by molar-refractivity contribution is 7.08. The van der Waals surface area contributed by atoms with Gasteiger partial charge in [-0.15, -0.1) is 10.2 Å². The maximum Gasteiger partial charge on any atom is 0.244 e. The van der Waals surface area contributed by atoms with Gasteiger partial charge in [0.25, 0.3) is 0 Å². The van der Waals surface area contributed by atoms with Gasteiger partial charge in [0.05, 0.1) is 12.1 Å². The molecule has 0 atom stereocenters. The van der Waals surface area contributed by atoms with Gasteiger partial charge in [0.15, 0.2) is 0 Å². The summed E-state index contributed by atoms with van der Waals surface area (Å²) in [5.41, 5.74) is 0.312. The molecule has 0 bridgehead atoms. The van der Waals surface area contributed by atoms with Gasteiger partial charge in [-0.05, 0) is 29.5 Å². The van der Waals surface area contributed by atoms with Crippen molar-refractivity contribution in [2.24, 2.45) is 0 Å². The Bertz CT molecular complexity index is 569. The van der Waals surface area contributed by atoms with E-state index in [9.17, 15) is 9.90 Å². The molecule has 114 valence electrons. The molecule has 2 N–H and O–H groups in total. The number of carbonyl (C=O) groups is 1. The monoisotopic (exact) mass is 309 g/mol. The normalized spacial score (nSPS) is 11.6. The predicted molar refractivity (Wildman–Crippen MR) is 79.7 cm³/mol. The molecular weight excluding hydrogens is 290 g/mol. The molecule has 1 amide bonds. The maximum absolute atomic E-state index is 12.1. The molecule has 0 unspecified atom stereocenters. The van der Waals surface area contributed by atoms with E-state index in [-0.39, 0.29) is 19.1 Å². The van der Waals surface area contributed by atoms with Crippen molar-refractivity contribution >= 4 is 17.2 Å². The number of rotatable bonds is 7. The Kier molecular flexibility index (Phi) is 5.03. The Morgan fingerprint density at radius 2 is 2.24 bits per heavy atom. The number of aliphatic hydroxyl groups is 1. The summed E-state index contributed by atoms with van der Waals surface area (Å²) >= 11 is 1.55. The molecule has 0 fully saturated rings. The fraction of sp³-hybridized carbons (Fsp3) is 0.538. The summed E-state index contributed by atoms with van der Waals surface area (Å²) in [7, 11) is 0. The van der Waals surface area contributed by atoms with Crippen molar-refractivity contribution in [1.29, 1.82) is 0 Å². The van der Waals surface area contributed by atoms with E-state index in [0.717, 1.165) is 5.56 Å². The molecule has 2 heterocycles. The molecular formula is C13H19N5O2S. The van der Waals surface area contributed by atoms with Crippen molar-refractivity contribution in [3.8, 4) is 11.4 Å². The lowest BCUT2D eigenvalue weighted by Crippen LogP contribution is -2.51. The van der Waals surface area contributed by atoms with Crippen LogP contribution in [0.25, 0.3) is 11.4 Å². The second kappa shape index (κ2) is 6.77. The summed E-state index contributed by atoms with van der Waals surface area (Å²) in [6, 6.07) is 1.90. The van der Waals surface area contributed by atoms with Crippen molar-refractivity contribution in [1.82, 2.24) is 25.5 Å². The SMILES string of the molecule is CCC(CC)(CO)NC(=O)Cn1nnc(-c2ccsc2)n1. The lowest BCUT2D eigenvalue weighted by molar-refractivity contribution is -0.124. The average Bonchev–Trinajstić information content (AvgIpc) is 3.15. The first-order valence-corrected chi connectivity index (χ1v) is 7.79. The quantitative estimate of drug-likeness (QED) is 0.798. The topological polar surface area (TPSA) is 92.9 Å². The lowest BCUT2D eigenvalue weighted by atomic mass is 9.94. The molecule has 0 radical (unpaired) electrons. The van der Waals surface area contributed by atoms with Crippen LogP contribution in [-0.2, 0) is 11.3 Å². The Hall–Kier alpha value is -1.80. The third-order valence-electron chi connectivity index (χ3n) is 3.58. The number of aliphatic hydroxyl groups excluding tert-OH is 1. The molecule has 7 nitrogen and oxygen atoms in total. The van der Waals surface area contributed by atoms with Crippen LogP contribution in [0.4, 0.5) is 0 Å². The number of hydrogen-bond acceptors (Lipinski definition) is 6. The fourth-order valence-corrected chi connectivity index (χ4v) is 2.61. The van der Waals surface area contributed by atoms with Crippen LogP contribution in [0.2, 0.25) is 0 Å². The molecule has 21 heavy (non-hydrogen) atoms. The molecule has 0 aliphatic carbocycles. The van der Waals surface area contributed by atoms with Crippen molar-refractivity contribution in [3.05, 3.63) is 16.8 Å². The smallest absolute Gasteiger partial charge is 0.244 e. The van der Waals surface area contributed by atoms with Gasteiger partial charge in [-0.25, -0.2) is 0 Å². The number of carbonyl (C=O) groups excluding carboxylic acids is 1. The molecule has 2 rings (SSSR count). The van der Waals surface area contributed by atoms with Gasteiger partial charge in [0.1, 0.15) is 6.54 Å². The highest BCUT2D eigenvalue weighted by Crippen LogP contribution is 2.17. The molecule has 0 saturated heterocycles. The van der Waals surface area contributed by atoms with Crippen LogP contribution in [0.3, 0.4) is 0 Å². The Labute approximate surface area is 127 Å². The van der Waals surface area contributed by atoms with E-state index in [0.29, 0.717) is 18.7 Å². The van der Waals surface area contributed by atoms with Crippen LogP contribution in [0.1, 0.15) is 26.7 Å². The standard InChI is InChI=1S/C13H19N5O2S/c1-3-13(4-2,9-19)14-11(20)7-18-16-12(15-17-18)10-5-6-21-8-10/h5-6,8,19H,3-4,7,9H2,1-2H3,(H,14,20). The molecule has 0 aliphatic rings. The van der Waals surface area contributed by atoms with Gasteiger partial charge in [-0.2, -0.15) is 16.1 Å². The average molecular weight is 309 g/mol. The van der Waals surface area contributed by atoms with E-state index >= 15 is 0 Å². The summed E-state index contributed by atoms with van der Waals surface area (Å²) in [6.45, 7) is 3.76. The first kappa shape index (κ1) is 15.6. The molecule has 0 spiro atoms. The maximum atomic E-state index is 12.1. The van der Waals surface area contributed by atoms with E-state index in [1.807, 2.05) is 30.7 Å². The van der Waals surface area contributed by atoms with Crippen LogP contribution in [0.5, 0.6) is 0 Å². The van der Waals surface area contributed by atoms with Crippen molar-refractivity contribution in [2.75, 3.05) is 6.61 Å². The predicted octanol–water partition coefficient (Wildman–Crippen LogP) is 1.07. The minimum Gasteiger partial charge on any atom is -0.394 e. The summed E-state index contributed by atoms with van der Waals surface area (Å²) < 4.78 is 0. The highest BCUT2D eigenvalue weighted by atomic mass is 32.1. The van der Waals surface area contributed by atoms with Crippen LogP contribution < -0.4 is 5.32 Å². The molecule has 2 aromatic rings. The number of thiophene rings is 1. The number of nitrogens with zero attached hydrogens (tertiary/aromatic N) is 4. The zero-order valence-electron chi connectivity index (χ0n) is 12.1. The van der Waals surface area contributed by atoms with Crippen LogP contribution in [-0.4, -0.2) is 43.4 Å². The zero-order valence-corrected chi connectivity index (χ0v) is 12.9. The summed E-state index contributed by atoms with van der Waals surface area (Å²) in [4.78, 5) is 13.3. The Balaban J connectivity index is 2.00. The van der Waals surface area contributed by atoms with E-state index < -0.39 is 5.54 Å². The van der Waals surface area contributed by atoms with Gasteiger partial charge in [0.2, 0.25) is 11.7 Å². The van der Waals surface area contributed by atoms with Crippen LogP contribution >= 0.6 is 11.3 Å². The molecule has 0 saturated carbocycles. The number of nitrogens with one attached hydrogen (secondary N) is 1. The minimum absolute atomic E-state index is 0.0150. The van der Waals surface area contributed by atoms with Gasteiger partial charge in [0, 0.05) is 10.9 Å². The number of aromatic nitrogens is 4. The Morgan fingerprint density at radius 1 is 1.48 bits per heavy atom. The number of tetrazole rings is 1. The number of amides is 1. The molecule has 0 aromatic carbocycles. The van der Waals surface area contributed by atoms with E-state index in [1.165, 1.54) is 4.80 Å². The van der Waals surface area contributed by atoms with E-state index in [4.69, 9.17) is 0 Å². The van der Waals surface area contributed by atoms with Gasteiger partial charge in [-0.1, -0.05) is 13.8 Å². The minimum atomic E-state index is -0.576. The fourth-order valence-electron chi connectivity index (χ4n) is 1.97. The number of hydrogen-bond donors (Lipinski definition) is 2. The van der Waals surface area contributed by atoms with Crippen LogP contribution in [0, 0.1) is 0 Å². The third kappa shape index (κ3) is 3.64. The van der Waals surface area contributed by atoms with Crippen molar-refractivity contribution < 1.29 is 9.90 Å². The van der Waals surface area contributed by atoms with E-state index in [2.05, 4.69) is 20.7 Å². The second-order valence-corrected chi connectivity index (χ2v) is 5.63. The molecule has 2 aromatic heterocycles. The first-order chi connectivity index (χ1) is 10.1. The summed E-state index contributed by atoms with van der Waals surface area (Å²) in [6.07, 6.45) is 1.33. The third-order valence-corrected chi connectivity index (χ3v) is 4.26. The zero-order chi connectivity index (χ0) is 15.3. The van der Waals surface area contributed by atoms with Gasteiger partial charge >= 0.3 is 0 Å². The lowest BCUT2D eigenvalue weighted by Gasteiger charge is -2.30. The highest BCUT2D eigenvalue weighted by Gasteiger charge is 2.27. The summed E-state index contributed by atoms with van der Waals surface area (Å²) in [5, 5.41) is 28.1. The van der Waals surface area contributed by atoms with Gasteiger partial charge in [-0.3, -0.25) is 4.79 Å². The van der Waals surface area contributed by atoms with Crippen molar-refractivity contribution in [2.45, 2.75) is 38.8 Å².